The molecule has 0 aliphatic heterocycles. The zero-order valence-corrected chi connectivity index (χ0v) is 9.57. The van der Waals surface area contributed by atoms with Crippen molar-refractivity contribution in [2.24, 2.45) is 0 Å². The fraction of sp³-hybridized carbons (Fsp3) is 0.0909. The second-order valence-corrected chi connectivity index (χ2v) is 4.25. The van der Waals surface area contributed by atoms with Crippen LogP contribution in [0.25, 0.3) is 11.1 Å². The fourth-order valence-electron chi connectivity index (χ4n) is 1.51. The van der Waals surface area contributed by atoms with E-state index in [2.05, 4.69) is 0 Å². The Labute approximate surface area is 98.1 Å². The minimum absolute atomic E-state index is 0.529. The number of rotatable bonds is 3. The van der Waals surface area contributed by atoms with Crippen molar-refractivity contribution >= 4 is 23.2 Å². The van der Waals surface area contributed by atoms with Crippen LogP contribution in [0.2, 0.25) is 0 Å². The van der Waals surface area contributed by atoms with E-state index in [9.17, 15) is 0 Å². The molecule has 0 atom stereocenters. The minimum atomic E-state index is -1.41. The number of hydrogen-bond acceptors (Lipinski definition) is 4. The summed E-state index contributed by atoms with van der Waals surface area (Å²) < 4.78 is 5.78. The molecule has 1 heterocycles. The molecule has 0 saturated carbocycles. The molecule has 2 aromatic rings. The quantitative estimate of drug-likeness (QED) is 0.782. The molecule has 0 spiro atoms. The average Bonchev–Trinajstić information content (AvgIpc) is 2.78. The van der Waals surface area contributed by atoms with Crippen LogP contribution in [0, 0.1) is 0 Å². The Balaban J connectivity index is 2.42. The summed E-state index contributed by atoms with van der Waals surface area (Å²) >= 11 is 1.32. The molecule has 16 heavy (non-hydrogen) atoms. The predicted octanol–water partition coefficient (Wildman–Crippen LogP) is 1.10. The van der Waals surface area contributed by atoms with E-state index in [1.54, 1.807) is 13.2 Å². The normalized spacial score (nSPS) is 10.2. The van der Waals surface area contributed by atoms with Gasteiger partial charge < -0.3 is 14.8 Å². The van der Waals surface area contributed by atoms with Gasteiger partial charge in [0, 0.05) is 10.3 Å². The zero-order valence-electron chi connectivity index (χ0n) is 8.75. The fourth-order valence-corrected chi connectivity index (χ4v) is 2.29. The number of ether oxygens (including phenoxy) is 1. The lowest BCUT2D eigenvalue weighted by molar-refractivity contribution is 0.416. The first kappa shape index (κ1) is 11.2. The van der Waals surface area contributed by atoms with Gasteiger partial charge in [0.1, 0.15) is 5.75 Å². The molecular formula is C11H11BO3S. The molecule has 2 rings (SSSR count). The van der Waals surface area contributed by atoms with E-state index in [4.69, 9.17) is 14.8 Å². The molecule has 0 saturated heterocycles. The van der Waals surface area contributed by atoms with Crippen molar-refractivity contribution < 1.29 is 14.8 Å². The van der Waals surface area contributed by atoms with Crippen molar-refractivity contribution in [3.63, 3.8) is 0 Å². The number of hydrogen-bond donors (Lipinski definition) is 2. The van der Waals surface area contributed by atoms with Gasteiger partial charge in [-0.3, -0.25) is 0 Å². The Morgan fingerprint density at radius 3 is 2.62 bits per heavy atom. The van der Waals surface area contributed by atoms with Gasteiger partial charge in [-0.15, -0.1) is 0 Å². The highest BCUT2D eigenvalue weighted by Crippen LogP contribution is 2.30. The van der Waals surface area contributed by atoms with Gasteiger partial charge in [-0.1, -0.05) is 18.2 Å². The first-order valence-corrected chi connectivity index (χ1v) is 5.68. The monoisotopic (exact) mass is 234 g/mol. The third-order valence-corrected chi connectivity index (χ3v) is 3.26. The lowest BCUT2D eigenvalue weighted by atomic mass is 9.88. The summed E-state index contributed by atoms with van der Waals surface area (Å²) in [4.78, 5) is 0. The number of thiophene rings is 1. The minimum Gasteiger partial charge on any atom is -0.496 e. The van der Waals surface area contributed by atoms with Gasteiger partial charge in [-0.2, -0.15) is 11.3 Å². The molecule has 3 nitrogen and oxygen atoms in total. The van der Waals surface area contributed by atoms with Gasteiger partial charge in [0.2, 0.25) is 0 Å². The van der Waals surface area contributed by atoms with Crippen LogP contribution in [-0.4, -0.2) is 24.3 Å². The molecule has 0 aliphatic rings. The molecule has 0 fully saturated rings. The second kappa shape index (κ2) is 4.70. The van der Waals surface area contributed by atoms with Crippen molar-refractivity contribution in [2.45, 2.75) is 0 Å². The molecule has 0 amide bonds. The van der Waals surface area contributed by atoms with Crippen molar-refractivity contribution in [2.75, 3.05) is 7.11 Å². The Morgan fingerprint density at radius 1 is 1.25 bits per heavy atom. The molecule has 0 aliphatic carbocycles. The maximum atomic E-state index is 9.05. The van der Waals surface area contributed by atoms with Gasteiger partial charge in [0.15, 0.2) is 0 Å². The van der Waals surface area contributed by atoms with Crippen molar-refractivity contribution in [1.82, 2.24) is 0 Å². The van der Waals surface area contributed by atoms with E-state index in [1.807, 2.05) is 29.6 Å². The van der Waals surface area contributed by atoms with Gasteiger partial charge in [0.05, 0.1) is 7.11 Å². The van der Waals surface area contributed by atoms with E-state index in [0.717, 1.165) is 16.9 Å². The zero-order chi connectivity index (χ0) is 11.5. The van der Waals surface area contributed by atoms with Crippen LogP contribution in [0.3, 0.4) is 0 Å². The van der Waals surface area contributed by atoms with Gasteiger partial charge in [-0.25, -0.2) is 0 Å². The van der Waals surface area contributed by atoms with Gasteiger partial charge in [-0.05, 0) is 23.1 Å². The van der Waals surface area contributed by atoms with E-state index >= 15 is 0 Å². The van der Waals surface area contributed by atoms with E-state index in [0.29, 0.717) is 4.78 Å². The summed E-state index contributed by atoms with van der Waals surface area (Å²) in [5.74, 6) is 0.777. The van der Waals surface area contributed by atoms with Crippen LogP contribution in [0.15, 0.2) is 35.7 Å². The summed E-state index contributed by atoms with van der Waals surface area (Å²) in [6, 6.07) is 9.39. The second-order valence-electron chi connectivity index (χ2n) is 3.31. The predicted molar refractivity (Wildman–Crippen MR) is 66.1 cm³/mol. The van der Waals surface area contributed by atoms with Crippen LogP contribution in [-0.2, 0) is 0 Å². The van der Waals surface area contributed by atoms with Crippen LogP contribution < -0.4 is 9.51 Å². The summed E-state index contributed by atoms with van der Waals surface area (Å²) in [6.07, 6.45) is 0. The van der Waals surface area contributed by atoms with E-state index in [1.165, 1.54) is 11.3 Å². The van der Waals surface area contributed by atoms with Crippen LogP contribution in [0.4, 0.5) is 0 Å². The molecule has 0 radical (unpaired) electrons. The SMILES string of the molecule is COc1ccccc1-c1csc(B(O)O)c1. The Bertz CT molecular complexity index is 482. The summed E-state index contributed by atoms with van der Waals surface area (Å²) in [5, 5.41) is 20.0. The molecule has 5 heteroatoms. The number of methoxy groups -OCH3 is 1. The van der Waals surface area contributed by atoms with Gasteiger partial charge in [0.25, 0.3) is 0 Å². The van der Waals surface area contributed by atoms with E-state index in [-0.39, 0.29) is 0 Å². The number of benzene rings is 1. The maximum absolute atomic E-state index is 9.05. The molecule has 1 aromatic carbocycles. The molecule has 0 unspecified atom stereocenters. The first-order chi connectivity index (χ1) is 7.72. The lowest BCUT2D eigenvalue weighted by Gasteiger charge is -2.05. The summed E-state index contributed by atoms with van der Waals surface area (Å²) in [5.41, 5.74) is 1.89. The van der Waals surface area contributed by atoms with Crippen LogP contribution >= 0.6 is 11.3 Å². The van der Waals surface area contributed by atoms with Crippen molar-refractivity contribution in [3.8, 4) is 16.9 Å². The highest BCUT2D eigenvalue weighted by Gasteiger charge is 2.15. The van der Waals surface area contributed by atoms with Crippen LogP contribution in [0.5, 0.6) is 5.75 Å². The Kier molecular flexibility index (Phi) is 3.29. The van der Waals surface area contributed by atoms with Crippen molar-refractivity contribution in [3.05, 3.63) is 35.7 Å². The molecule has 0 bridgehead atoms. The number of para-hydroxylation sites is 1. The molecule has 2 N–H and O–H groups in total. The lowest BCUT2D eigenvalue weighted by Crippen LogP contribution is -2.26. The van der Waals surface area contributed by atoms with Gasteiger partial charge >= 0.3 is 7.12 Å². The summed E-state index contributed by atoms with van der Waals surface area (Å²) in [7, 11) is 0.209. The topological polar surface area (TPSA) is 49.7 Å². The van der Waals surface area contributed by atoms with E-state index < -0.39 is 7.12 Å². The largest absolute Gasteiger partial charge is 0.499 e. The Morgan fingerprint density at radius 2 is 2.00 bits per heavy atom. The standard InChI is InChI=1S/C11H11BO3S/c1-15-10-5-3-2-4-9(10)8-6-11(12(13)14)16-7-8/h2-7,13-14H,1H3. The highest BCUT2D eigenvalue weighted by atomic mass is 32.1. The molecular weight excluding hydrogens is 223 g/mol. The first-order valence-electron chi connectivity index (χ1n) is 4.80. The Hall–Kier alpha value is -1.30. The summed E-state index contributed by atoms with van der Waals surface area (Å²) in [6.45, 7) is 0. The maximum Gasteiger partial charge on any atom is 0.499 e. The smallest absolute Gasteiger partial charge is 0.496 e. The third kappa shape index (κ3) is 2.11. The molecule has 82 valence electrons. The van der Waals surface area contributed by atoms with Crippen LogP contribution in [0.1, 0.15) is 0 Å². The third-order valence-electron chi connectivity index (χ3n) is 2.29. The molecule has 1 aromatic heterocycles. The van der Waals surface area contributed by atoms with Crippen molar-refractivity contribution in [1.29, 1.82) is 0 Å². The highest BCUT2D eigenvalue weighted by molar-refractivity contribution is 7.20. The average molecular weight is 234 g/mol.